The molecular weight excluding hydrogens is 507 g/mol. The van der Waals surface area contributed by atoms with Crippen molar-refractivity contribution in [1.82, 2.24) is 20.5 Å². The lowest BCUT2D eigenvalue weighted by molar-refractivity contribution is -0.146. The molecule has 38 heavy (non-hydrogen) atoms. The number of β-amino-alcohol motifs (C(OH)–C–C–N with tert-alkyl or cyclic N) is 1. The number of nitrogens with one attached hydrogen (secondary N) is 2. The SMILES string of the molecule is Cc1ncsc1-c1ccc(CNC(=O)C2C[C@@H](O)CN2C(=O)[C@@H](NC(=O)C2(F)CC2)C(C)(C)C(C)C)cc1. The molecule has 1 saturated heterocycles. The molecule has 2 heterocycles. The van der Waals surface area contributed by atoms with E-state index in [2.05, 4.69) is 15.6 Å². The van der Waals surface area contributed by atoms with Crippen LogP contribution in [-0.4, -0.2) is 63.1 Å². The highest BCUT2D eigenvalue weighted by Gasteiger charge is 2.54. The van der Waals surface area contributed by atoms with Crippen LogP contribution >= 0.6 is 11.3 Å². The zero-order valence-electron chi connectivity index (χ0n) is 22.6. The lowest BCUT2D eigenvalue weighted by atomic mass is 9.74. The second-order valence-corrected chi connectivity index (χ2v) is 12.3. The molecule has 0 radical (unpaired) electrons. The molecule has 1 aliphatic heterocycles. The highest BCUT2D eigenvalue weighted by atomic mass is 32.1. The number of carbonyl (C=O) groups is 3. The fraction of sp³-hybridized carbons (Fsp3) is 0.571. The van der Waals surface area contributed by atoms with Crippen LogP contribution < -0.4 is 10.6 Å². The van der Waals surface area contributed by atoms with Crippen LogP contribution in [-0.2, 0) is 20.9 Å². The van der Waals surface area contributed by atoms with Gasteiger partial charge in [0.2, 0.25) is 11.8 Å². The quantitative estimate of drug-likeness (QED) is 0.448. The van der Waals surface area contributed by atoms with Gasteiger partial charge in [-0.3, -0.25) is 14.4 Å². The zero-order valence-corrected chi connectivity index (χ0v) is 23.4. The zero-order chi connectivity index (χ0) is 27.8. The molecule has 10 heteroatoms. The average Bonchev–Trinajstić information content (AvgIpc) is 3.29. The molecule has 8 nitrogen and oxygen atoms in total. The number of rotatable bonds is 9. The Morgan fingerprint density at radius 2 is 1.89 bits per heavy atom. The van der Waals surface area contributed by atoms with E-state index < -0.39 is 41.1 Å². The van der Waals surface area contributed by atoms with Crippen molar-refractivity contribution in [3.63, 3.8) is 0 Å². The molecule has 1 aliphatic carbocycles. The summed E-state index contributed by atoms with van der Waals surface area (Å²) >= 11 is 1.57. The van der Waals surface area contributed by atoms with Crippen LogP contribution in [0.2, 0.25) is 0 Å². The average molecular weight is 545 g/mol. The van der Waals surface area contributed by atoms with E-state index in [-0.39, 0.29) is 44.2 Å². The molecule has 0 spiro atoms. The number of likely N-dealkylation sites (tertiary alicyclic amines) is 1. The van der Waals surface area contributed by atoms with Crippen molar-refractivity contribution in [1.29, 1.82) is 0 Å². The van der Waals surface area contributed by atoms with Gasteiger partial charge in [-0.05, 0) is 42.2 Å². The summed E-state index contributed by atoms with van der Waals surface area (Å²) in [5, 5.41) is 15.9. The first-order valence-corrected chi connectivity index (χ1v) is 14.0. The van der Waals surface area contributed by atoms with E-state index in [0.29, 0.717) is 0 Å². The Balaban J connectivity index is 1.46. The maximum atomic E-state index is 14.5. The molecule has 1 aromatic heterocycles. The third-order valence-corrected chi connectivity index (χ3v) is 9.12. The van der Waals surface area contributed by atoms with Crippen LogP contribution in [0.25, 0.3) is 10.4 Å². The number of aryl methyl sites for hydroxylation is 1. The monoisotopic (exact) mass is 544 g/mol. The fourth-order valence-corrected chi connectivity index (χ4v) is 5.44. The number of hydrogen-bond donors (Lipinski definition) is 3. The van der Waals surface area contributed by atoms with Gasteiger partial charge in [0, 0.05) is 19.5 Å². The second kappa shape index (κ2) is 10.7. The number of carbonyl (C=O) groups excluding carboxylic acids is 3. The van der Waals surface area contributed by atoms with Gasteiger partial charge in [-0.1, -0.05) is 52.0 Å². The molecule has 1 aromatic carbocycles. The summed E-state index contributed by atoms with van der Waals surface area (Å²) in [5.41, 5.74) is 2.07. The van der Waals surface area contributed by atoms with E-state index in [4.69, 9.17) is 0 Å². The van der Waals surface area contributed by atoms with Crippen molar-refractivity contribution in [2.45, 2.75) is 84.3 Å². The van der Waals surface area contributed by atoms with E-state index in [9.17, 15) is 23.9 Å². The molecule has 206 valence electrons. The predicted molar refractivity (Wildman–Crippen MR) is 144 cm³/mol. The lowest BCUT2D eigenvalue weighted by Gasteiger charge is -2.40. The summed E-state index contributed by atoms with van der Waals surface area (Å²) < 4.78 is 14.5. The standard InChI is InChI=1S/C28H37FN4O4S/c1-16(2)27(4,5)23(32-26(37)28(29)10-11-28)25(36)33-14-20(34)12-21(33)24(35)30-13-18-6-8-19(9-7-18)22-17(3)31-15-38-22/h6-9,15-16,20-21,23,34H,10-14H2,1-5H3,(H,30,35)(H,32,37)/t20-,21?,23-/m1/s1. The Morgan fingerprint density at radius 1 is 1.24 bits per heavy atom. The van der Waals surface area contributed by atoms with Gasteiger partial charge in [0.25, 0.3) is 5.91 Å². The van der Waals surface area contributed by atoms with Crippen molar-refractivity contribution < 1.29 is 23.9 Å². The summed E-state index contributed by atoms with van der Waals surface area (Å²) in [6.07, 6.45) is -0.497. The van der Waals surface area contributed by atoms with Crippen LogP contribution in [0.5, 0.6) is 0 Å². The number of thiazole rings is 1. The van der Waals surface area contributed by atoms with Gasteiger partial charge in [0.1, 0.15) is 12.1 Å². The van der Waals surface area contributed by atoms with E-state index in [0.717, 1.165) is 21.7 Å². The summed E-state index contributed by atoms with van der Waals surface area (Å²) in [7, 11) is 0. The largest absolute Gasteiger partial charge is 0.391 e. The molecule has 2 aromatic rings. The first-order chi connectivity index (χ1) is 17.8. The number of aromatic nitrogens is 1. The Labute approximate surface area is 227 Å². The summed E-state index contributed by atoms with van der Waals surface area (Å²) in [5.74, 6) is -1.68. The van der Waals surface area contributed by atoms with Gasteiger partial charge < -0.3 is 20.6 Å². The van der Waals surface area contributed by atoms with E-state index in [1.165, 1.54) is 4.90 Å². The second-order valence-electron chi connectivity index (χ2n) is 11.4. The Kier molecular flexibility index (Phi) is 7.95. The third kappa shape index (κ3) is 5.76. The maximum absolute atomic E-state index is 14.5. The maximum Gasteiger partial charge on any atom is 0.258 e. The number of halogens is 1. The lowest BCUT2D eigenvalue weighted by Crippen LogP contribution is -2.60. The number of amides is 3. The normalized spacial score (nSPS) is 21.3. The molecular formula is C28H37FN4O4S. The third-order valence-electron chi connectivity index (χ3n) is 8.14. The Bertz CT molecular complexity index is 1190. The minimum atomic E-state index is -1.93. The van der Waals surface area contributed by atoms with Crippen LogP contribution in [0.1, 0.15) is 58.2 Å². The van der Waals surface area contributed by atoms with Crippen molar-refractivity contribution in [2.75, 3.05) is 6.54 Å². The molecule has 2 aliphatic rings. The van der Waals surface area contributed by atoms with Crippen molar-refractivity contribution in [3.05, 3.63) is 41.0 Å². The van der Waals surface area contributed by atoms with Crippen molar-refractivity contribution >= 4 is 29.1 Å². The number of aliphatic hydroxyl groups excluding tert-OH is 1. The molecule has 1 saturated carbocycles. The van der Waals surface area contributed by atoms with E-state index in [1.807, 2.05) is 64.4 Å². The fourth-order valence-electron chi connectivity index (χ4n) is 4.63. The van der Waals surface area contributed by atoms with Gasteiger partial charge in [0.15, 0.2) is 5.67 Å². The summed E-state index contributed by atoms with van der Waals surface area (Å²) in [6, 6.07) is 5.91. The van der Waals surface area contributed by atoms with Crippen molar-refractivity contribution in [3.8, 4) is 10.4 Å². The van der Waals surface area contributed by atoms with Crippen LogP contribution in [0, 0.1) is 18.3 Å². The molecule has 2 fully saturated rings. The van der Waals surface area contributed by atoms with Crippen molar-refractivity contribution in [2.24, 2.45) is 11.3 Å². The minimum Gasteiger partial charge on any atom is -0.391 e. The van der Waals surface area contributed by atoms with Crippen LogP contribution in [0.3, 0.4) is 0 Å². The molecule has 3 amide bonds. The van der Waals surface area contributed by atoms with Gasteiger partial charge >= 0.3 is 0 Å². The van der Waals surface area contributed by atoms with Crippen LogP contribution in [0.15, 0.2) is 29.8 Å². The van der Waals surface area contributed by atoms with Gasteiger partial charge in [-0.2, -0.15) is 0 Å². The number of benzene rings is 1. The van der Waals surface area contributed by atoms with Crippen LogP contribution in [0.4, 0.5) is 4.39 Å². The first-order valence-electron chi connectivity index (χ1n) is 13.1. The summed E-state index contributed by atoms with van der Waals surface area (Å²) in [6.45, 7) is 9.74. The molecule has 3 atom stereocenters. The Morgan fingerprint density at radius 3 is 2.45 bits per heavy atom. The summed E-state index contributed by atoms with van der Waals surface area (Å²) in [4.78, 5) is 46.3. The topological polar surface area (TPSA) is 112 Å². The first kappa shape index (κ1) is 28.2. The number of alkyl halides is 1. The molecule has 1 unspecified atom stereocenters. The number of nitrogens with zero attached hydrogens (tertiary/aromatic N) is 2. The number of hydrogen-bond acceptors (Lipinski definition) is 6. The minimum absolute atomic E-state index is 0.0250. The Hall–Kier alpha value is -2.85. The van der Waals surface area contributed by atoms with Gasteiger partial charge in [0.05, 0.1) is 22.2 Å². The smallest absolute Gasteiger partial charge is 0.258 e. The predicted octanol–water partition coefficient (Wildman–Crippen LogP) is 3.37. The number of aliphatic hydroxyl groups is 1. The molecule has 3 N–H and O–H groups in total. The molecule has 0 bridgehead atoms. The van der Waals surface area contributed by atoms with E-state index in [1.54, 1.807) is 11.3 Å². The van der Waals surface area contributed by atoms with Gasteiger partial charge in [-0.25, -0.2) is 9.37 Å². The van der Waals surface area contributed by atoms with E-state index >= 15 is 0 Å². The highest BCUT2D eigenvalue weighted by Crippen LogP contribution is 2.41. The highest BCUT2D eigenvalue weighted by molar-refractivity contribution is 7.13. The molecule has 4 rings (SSSR count). The van der Waals surface area contributed by atoms with Gasteiger partial charge in [-0.15, -0.1) is 11.3 Å².